The molecule has 1 aliphatic carbocycles. The van der Waals surface area contributed by atoms with Gasteiger partial charge in [-0.05, 0) is 48.6 Å². The van der Waals surface area contributed by atoms with Gasteiger partial charge >= 0.3 is 0 Å². The van der Waals surface area contributed by atoms with Gasteiger partial charge in [0.25, 0.3) is 0 Å². The van der Waals surface area contributed by atoms with E-state index in [1.165, 1.54) is 18.4 Å². The van der Waals surface area contributed by atoms with Gasteiger partial charge in [0.15, 0.2) is 0 Å². The molecule has 1 aromatic carbocycles. The lowest BCUT2D eigenvalue weighted by Gasteiger charge is -2.40. The van der Waals surface area contributed by atoms with E-state index in [1.54, 1.807) is 6.07 Å². The van der Waals surface area contributed by atoms with Crippen LogP contribution in [0.3, 0.4) is 0 Å². The molecule has 0 bridgehead atoms. The van der Waals surface area contributed by atoms with E-state index in [0.717, 1.165) is 18.4 Å². The maximum Gasteiger partial charge on any atom is 0.118 e. The van der Waals surface area contributed by atoms with Crippen molar-refractivity contribution in [2.75, 3.05) is 0 Å². The summed E-state index contributed by atoms with van der Waals surface area (Å²) in [5, 5.41) is 9.87. The van der Waals surface area contributed by atoms with E-state index in [2.05, 4.69) is 20.4 Å². The molecule has 1 aliphatic rings. The van der Waals surface area contributed by atoms with Crippen LogP contribution in [0.1, 0.15) is 38.7 Å². The fourth-order valence-electron chi connectivity index (χ4n) is 3.00. The Balaban J connectivity index is 2.22. The molecule has 1 fully saturated rings. The lowest BCUT2D eigenvalue weighted by atomic mass is 9.65. The minimum atomic E-state index is 0.303. The minimum absolute atomic E-state index is 0.303. The molecule has 92 valence electrons. The summed E-state index contributed by atoms with van der Waals surface area (Å²) >= 11 is 0. The topological polar surface area (TPSA) is 20.2 Å². The SMILES string of the molecule is C=C1CCCC(C)(C)C1Cc1ccccc1O. The van der Waals surface area contributed by atoms with Gasteiger partial charge in [-0.1, -0.05) is 44.2 Å². The molecule has 1 unspecified atom stereocenters. The van der Waals surface area contributed by atoms with E-state index in [9.17, 15) is 5.11 Å². The van der Waals surface area contributed by atoms with Crippen molar-refractivity contribution in [1.29, 1.82) is 0 Å². The Morgan fingerprint density at radius 3 is 2.71 bits per heavy atom. The number of aromatic hydroxyl groups is 1. The molecule has 1 N–H and O–H groups in total. The van der Waals surface area contributed by atoms with Gasteiger partial charge in [0, 0.05) is 0 Å². The zero-order valence-electron chi connectivity index (χ0n) is 10.9. The van der Waals surface area contributed by atoms with Crippen LogP contribution in [0.15, 0.2) is 36.4 Å². The number of para-hydroxylation sites is 1. The van der Waals surface area contributed by atoms with Crippen LogP contribution in [0.2, 0.25) is 0 Å². The highest BCUT2D eigenvalue weighted by molar-refractivity contribution is 5.33. The molecule has 1 saturated carbocycles. The molecule has 0 saturated heterocycles. The first-order valence-electron chi connectivity index (χ1n) is 6.45. The highest BCUT2D eigenvalue weighted by atomic mass is 16.3. The average molecular weight is 230 g/mol. The summed E-state index contributed by atoms with van der Waals surface area (Å²) in [5.41, 5.74) is 2.70. The largest absolute Gasteiger partial charge is 0.508 e. The molecule has 0 radical (unpaired) electrons. The van der Waals surface area contributed by atoms with Crippen LogP contribution in [0.25, 0.3) is 0 Å². The van der Waals surface area contributed by atoms with E-state index in [4.69, 9.17) is 0 Å². The number of benzene rings is 1. The Labute approximate surface area is 104 Å². The molecule has 17 heavy (non-hydrogen) atoms. The predicted octanol–water partition coefficient (Wildman–Crippen LogP) is 4.32. The Bertz CT molecular complexity index is 417. The molecular formula is C16H22O. The van der Waals surface area contributed by atoms with Gasteiger partial charge in [0.2, 0.25) is 0 Å². The summed E-state index contributed by atoms with van der Waals surface area (Å²) in [7, 11) is 0. The molecule has 0 heterocycles. The van der Waals surface area contributed by atoms with Crippen LogP contribution in [-0.4, -0.2) is 5.11 Å². The van der Waals surface area contributed by atoms with Crippen LogP contribution >= 0.6 is 0 Å². The monoisotopic (exact) mass is 230 g/mol. The van der Waals surface area contributed by atoms with Gasteiger partial charge < -0.3 is 5.11 Å². The first-order chi connectivity index (χ1) is 8.00. The van der Waals surface area contributed by atoms with Crippen LogP contribution in [0, 0.1) is 11.3 Å². The quantitative estimate of drug-likeness (QED) is 0.750. The smallest absolute Gasteiger partial charge is 0.118 e. The summed E-state index contributed by atoms with van der Waals surface area (Å²) in [6, 6.07) is 7.66. The first kappa shape index (κ1) is 12.2. The molecular weight excluding hydrogens is 208 g/mol. The van der Waals surface area contributed by atoms with Crippen molar-refractivity contribution in [3.8, 4) is 5.75 Å². The standard InChI is InChI=1S/C16H22O/c1-12-7-6-10-16(2,3)14(12)11-13-8-4-5-9-15(13)17/h4-5,8-9,14,17H,1,6-7,10-11H2,2-3H3. The van der Waals surface area contributed by atoms with Crippen LogP contribution < -0.4 is 0 Å². The molecule has 2 rings (SSSR count). The molecule has 1 atom stereocenters. The van der Waals surface area contributed by atoms with Gasteiger partial charge in [-0.3, -0.25) is 0 Å². The Morgan fingerprint density at radius 1 is 1.35 bits per heavy atom. The van der Waals surface area contributed by atoms with E-state index in [-0.39, 0.29) is 0 Å². The summed E-state index contributed by atoms with van der Waals surface area (Å²) in [6.45, 7) is 8.88. The summed E-state index contributed by atoms with van der Waals surface area (Å²) in [4.78, 5) is 0. The van der Waals surface area contributed by atoms with Crippen LogP contribution in [0.5, 0.6) is 5.75 Å². The van der Waals surface area contributed by atoms with Gasteiger partial charge in [-0.2, -0.15) is 0 Å². The van der Waals surface area contributed by atoms with E-state index in [1.807, 2.05) is 18.2 Å². The molecule has 1 heteroatoms. The summed E-state index contributed by atoms with van der Waals surface area (Å²) in [6.07, 6.45) is 4.56. The number of phenolic OH excluding ortho intramolecular Hbond substituents is 1. The van der Waals surface area contributed by atoms with E-state index < -0.39 is 0 Å². The van der Waals surface area contributed by atoms with Crippen molar-refractivity contribution < 1.29 is 5.11 Å². The number of hydrogen-bond donors (Lipinski definition) is 1. The highest BCUT2D eigenvalue weighted by Crippen LogP contribution is 2.45. The third kappa shape index (κ3) is 2.54. The lowest BCUT2D eigenvalue weighted by molar-refractivity contribution is 0.188. The first-order valence-corrected chi connectivity index (χ1v) is 6.45. The van der Waals surface area contributed by atoms with Crippen molar-refractivity contribution in [2.24, 2.45) is 11.3 Å². The van der Waals surface area contributed by atoms with Crippen molar-refractivity contribution in [3.05, 3.63) is 42.0 Å². The van der Waals surface area contributed by atoms with Gasteiger partial charge in [0.05, 0.1) is 0 Å². The minimum Gasteiger partial charge on any atom is -0.508 e. The average Bonchev–Trinajstić information content (AvgIpc) is 2.25. The van der Waals surface area contributed by atoms with Crippen molar-refractivity contribution in [2.45, 2.75) is 39.5 Å². The van der Waals surface area contributed by atoms with Crippen molar-refractivity contribution in [1.82, 2.24) is 0 Å². The number of hydrogen-bond acceptors (Lipinski definition) is 1. The highest BCUT2D eigenvalue weighted by Gasteiger charge is 2.34. The zero-order valence-corrected chi connectivity index (χ0v) is 10.9. The maximum absolute atomic E-state index is 9.87. The Hall–Kier alpha value is -1.24. The molecule has 0 amide bonds. The fourth-order valence-corrected chi connectivity index (χ4v) is 3.00. The zero-order chi connectivity index (χ0) is 12.5. The number of allylic oxidation sites excluding steroid dienone is 1. The van der Waals surface area contributed by atoms with Gasteiger partial charge in [-0.15, -0.1) is 0 Å². The third-order valence-electron chi connectivity index (χ3n) is 4.17. The summed E-state index contributed by atoms with van der Waals surface area (Å²) < 4.78 is 0. The number of rotatable bonds is 2. The lowest BCUT2D eigenvalue weighted by Crippen LogP contribution is -2.31. The Morgan fingerprint density at radius 2 is 2.06 bits per heavy atom. The fraction of sp³-hybridized carbons (Fsp3) is 0.500. The van der Waals surface area contributed by atoms with E-state index >= 15 is 0 Å². The molecule has 1 aromatic rings. The second-order valence-corrected chi connectivity index (χ2v) is 5.89. The van der Waals surface area contributed by atoms with Gasteiger partial charge in [0.1, 0.15) is 5.75 Å². The maximum atomic E-state index is 9.87. The normalized spacial score (nSPS) is 23.6. The van der Waals surface area contributed by atoms with Crippen molar-refractivity contribution >= 4 is 0 Å². The second kappa shape index (κ2) is 4.56. The summed E-state index contributed by atoms with van der Waals surface area (Å²) in [5.74, 6) is 0.909. The van der Waals surface area contributed by atoms with Gasteiger partial charge in [-0.25, -0.2) is 0 Å². The Kier molecular flexibility index (Phi) is 3.28. The molecule has 0 aromatic heterocycles. The molecule has 0 aliphatic heterocycles. The third-order valence-corrected chi connectivity index (χ3v) is 4.17. The molecule has 0 spiro atoms. The van der Waals surface area contributed by atoms with Crippen LogP contribution in [0.4, 0.5) is 0 Å². The second-order valence-electron chi connectivity index (χ2n) is 5.89. The van der Waals surface area contributed by atoms with Crippen LogP contribution in [-0.2, 0) is 6.42 Å². The van der Waals surface area contributed by atoms with E-state index in [0.29, 0.717) is 17.1 Å². The van der Waals surface area contributed by atoms with Crippen molar-refractivity contribution in [3.63, 3.8) is 0 Å². The predicted molar refractivity (Wildman–Crippen MR) is 72.1 cm³/mol. The molecule has 1 nitrogen and oxygen atoms in total. The number of phenols is 1.